The number of aromatic hydroxyl groups is 3. The number of aliphatic carboxylic acids is 1. The molecule has 112 valence electrons. The summed E-state index contributed by atoms with van der Waals surface area (Å²) in [4.78, 5) is 10.8. The van der Waals surface area contributed by atoms with Crippen LogP contribution in [0.15, 0.2) is 12.1 Å². The molecule has 0 amide bonds. The average molecular weight is 283 g/mol. The van der Waals surface area contributed by atoms with Crippen molar-refractivity contribution in [3.63, 3.8) is 0 Å². The first-order valence-electron chi connectivity index (χ1n) is 6.51. The molecule has 1 rings (SSSR count). The molecule has 20 heavy (non-hydrogen) atoms. The van der Waals surface area contributed by atoms with E-state index >= 15 is 0 Å². The van der Waals surface area contributed by atoms with E-state index in [9.17, 15) is 20.1 Å². The molecule has 1 aromatic carbocycles. The van der Waals surface area contributed by atoms with Gasteiger partial charge in [-0.1, -0.05) is 26.3 Å². The normalized spacial score (nSPS) is 15.6. The molecule has 6 heteroatoms. The zero-order valence-electron chi connectivity index (χ0n) is 11.6. The predicted molar refractivity (Wildman–Crippen MR) is 73.9 cm³/mol. The zero-order valence-corrected chi connectivity index (χ0v) is 11.6. The van der Waals surface area contributed by atoms with Crippen molar-refractivity contribution in [1.82, 2.24) is 0 Å². The summed E-state index contributed by atoms with van der Waals surface area (Å²) in [7, 11) is 0. The molecule has 0 bridgehead atoms. The minimum Gasteiger partial charge on any atom is -0.504 e. The Kier molecular flexibility index (Phi) is 5.21. The molecule has 0 aliphatic rings. The van der Waals surface area contributed by atoms with Crippen molar-refractivity contribution in [3.05, 3.63) is 17.7 Å². The van der Waals surface area contributed by atoms with E-state index in [-0.39, 0.29) is 24.0 Å². The molecule has 0 aromatic heterocycles. The minimum atomic E-state index is -1.06. The van der Waals surface area contributed by atoms with Gasteiger partial charge < -0.3 is 26.2 Å². The van der Waals surface area contributed by atoms with Crippen molar-refractivity contribution in [1.29, 1.82) is 0 Å². The molecule has 6 nitrogen and oxygen atoms in total. The minimum absolute atomic E-state index is 0.0593. The van der Waals surface area contributed by atoms with Crippen LogP contribution in [0.1, 0.15) is 38.2 Å². The standard InChI is InChI=1S/C14H21NO5/c1-3-8(6-10(15)14(19)20)7(2)9-4-5-11(16)13(18)12(9)17/h4-5,7-8,10,16-18H,3,6,15H2,1-2H3,(H,19,20). The van der Waals surface area contributed by atoms with Gasteiger partial charge in [0.05, 0.1) is 0 Å². The van der Waals surface area contributed by atoms with E-state index in [1.54, 1.807) is 0 Å². The summed E-state index contributed by atoms with van der Waals surface area (Å²) in [5.41, 5.74) is 6.01. The molecule has 3 unspecified atom stereocenters. The number of carbonyl (C=O) groups is 1. The van der Waals surface area contributed by atoms with Crippen LogP contribution in [0.5, 0.6) is 17.2 Å². The Morgan fingerprint density at radius 2 is 1.85 bits per heavy atom. The van der Waals surface area contributed by atoms with Gasteiger partial charge in [0.2, 0.25) is 5.75 Å². The van der Waals surface area contributed by atoms with E-state index in [1.807, 2.05) is 13.8 Å². The van der Waals surface area contributed by atoms with Crippen molar-refractivity contribution in [2.45, 2.75) is 38.6 Å². The van der Waals surface area contributed by atoms with Crippen molar-refractivity contribution in [2.75, 3.05) is 0 Å². The molecule has 0 saturated heterocycles. The Morgan fingerprint density at radius 1 is 1.25 bits per heavy atom. The highest BCUT2D eigenvalue weighted by atomic mass is 16.4. The number of rotatable bonds is 6. The van der Waals surface area contributed by atoms with Crippen LogP contribution in [-0.2, 0) is 4.79 Å². The fraction of sp³-hybridized carbons (Fsp3) is 0.500. The van der Waals surface area contributed by atoms with Gasteiger partial charge in [0.1, 0.15) is 6.04 Å². The molecule has 0 aliphatic heterocycles. The van der Waals surface area contributed by atoms with E-state index in [0.717, 1.165) is 0 Å². The number of nitrogens with two attached hydrogens (primary N) is 1. The van der Waals surface area contributed by atoms with Crippen LogP contribution in [0, 0.1) is 5.92 Å². The second-order valence-corrected chi connectivity index (χ2v) is 5.01. The van der Waals surface area contributed by atoms with Crippen molar-refractivity contribution in [2.24, 2.45) is 11.7 Å². The Balaban J connectivity index is 3.00. The van der Waals surface area contributed by atoms with Gasteiger partial charge in [-0.3, -0.25) is 4.79 Å². The lowest BCUT2D eigenvalue weighted by molar-refractivity contribution is -0.139. The molecule has 0 radical (unpaired) electrons. The summed E-state index contributed by atoms with van der Waals surface area (Å²) < 4.78 is 0. The lowest BCUT2D eigenvalue weighted by atomic mass is 9.81. The van der Waals surface area contributed by atoms with Crippen LogP contribution in [0.4, 0.5) is 0 Å². The number of phenolic OH excluding ortho intramolecular Hbond substituents is 3. The number of phenols is 3. The maximum Gasteiger partial charge on any atom is 0.320 e. The van der Waals surface area contributed by atoms with Crippen LogP contribution < -0.4 is 5.73 Å². The summed E-state index contributed by atoms with van der Waals surface area (Å²) in [5, 5.41) is 37.6. The maximum atomic E-state index is 10.8. The highest BCUT2D eigenvalue weighted by Crippen LogP contribution is 2.43. The number of carboxylic acids is 1. The van der Waals surface area contributed by atoms with Crippen LogP contribution in [0.25, 0.3) is 0 Å². The molecular weight excluding hydrogens is 262 g/mol. The third-order valence-electron chi connectivity index (χ3n) is 3.76. The van der Waals surface area contributed by atoms with Gasteiger partial charge in [0.15, 0.2) is 11.5 Å². The van der Waals surface area contributed by atoms with Crippen LogP contribution in [-0.4, -0.2) is 32.4 Å². The molecule has 0 saturated carbocycles. The predicted octanol–water partition coefficient (Wildman–Crippen LogP) is 1.74. The molecular formula is C14H21NO5. The second kappa shape index (κ2) is 6.47. The Morgan fingerprint density at radius 3 is 2.35 bits per heavy atom. The lowest BCUT2D eigenvalue weighted by Gasteiger charge is -2.25. The average Bonchev–Trinajstić information content (AvgIpc) is 2.41. The Hall–Kier alpha value is -1.95. The first-order chi connectivity index (χ1) is 9.29. The quantitative estimate of drug-likeness (QED) is 0.506. The van der Waals surface area contributed by atoms with Gasteiger partial charge in [-0.05, 0) is 24.3 Å². The highest BCUT2D eigenvalue weighted by Gasteiger charge is 2.26. The van der Waals surface area contributed by atoms with Gasteiger partial charge >= 0.3 is 5.97 Å². The summed E-state index contributed by atoms with van der Waals surface area (Å²) in [6.45, 7) is 3.74. The molecule has 6 N–H and O–H groups in total. The van der Waals surface area contributed by atoms with Crippen molar-refractivity contribution < 1.29 is 25.2 Å². The second-order valence-electron chi connectivity index (χ2n) is 5.01. The third-order valence-corrected chi connectivity index (χ3v) is 3.76. The fourth-order valence-electron chi connectivity index (χ4n) is 2.36. The van der Waals surface area contributed by atoms with Gasteiger partial charge in [-0.2, -0.15) is 0 Å². The topological polar surface area (TPSA) is 124 Å². The number of carboxylic acid groups (broad SMARTS) is 1. The zero-order chi connectivity index (χ0) is 15.4. The molecule has 0 spiro atoms. The third kappa shape index (κ3) is 3.33. The Bertz CT molecular complexity index is 489. The van der Waals surface area contributed by atoms with Gasteiger partial charge in [-0.15, -0.1) is 0 Å². The molecule has 3 atom stereocenters. The lowest BCUT2D eigenvalue weighted by Crippen LogP contribution is -2.33. The van der Waals surface area contributed by atoms with E-state index in [1.165, 1.54) is 12.1 Å². The summed E-state index contributed by atoms with van der Waals surface area (Å²) in [6, 6.07) is 1.85. The van der Waals surface area contributed by atoms with E-state index in [0.29, 0.717) is 12.0 Å². The monoisotopic (exact) mass is 283 g/mol. The van der Waals surface area contributed by atoms with Crippen LogP contribution in [0.3, 0.4) is 0 Å². The number of hydrogen-bond acceptors (Lipinski definition) is 5. The molecule has 0 heterocycles. The van der Waals surface area contributed by atoms with Crippen molar-refractivity contribution in [3.8, 4) is 17.2 Å². The first kappa shape index (κ1) is 16.1. The maximum absolute atomic E-state index is 10.8. The summed E-state index contributed by atoms with van der Waals surface area (Å²) in [5.74, 6) is -2.65. The van der Waals surface area contributed by atoms with Crippen LogP contribution in [0.2, 0.25) is 0 Å². The molecule has 1 aromatic rings. The van der Waals surface area contributed by atoms with E-state index in [4.69, 9.17) is 10.8 Å². The fourth-order valence-corrected chi connectivity index (χ4v) is 2.36. The summed E-state index contributed by atoms with van der Waals surface area (Å²) in [6.07, 6.45) is 0.956. The Labute approximate surface area is 117 Å². The van der Waals surface area contributed by atoms with E-state index < -0.39 is 23.5 Å². The van der Waals surface area contributed by atoms with Gasteiger partial charge in [-0.25, -0.2) is 0 Å². The SMILES string of the molecule is CCC(CC(N)C(=O)O)C(C)c1ccc(O)c(O)c1O. The first-order valence-corrected chi connectivity index (χ1v) is 6.51. The van der Waals surface area contributed by atoms with Crippen molar-refractivity contribution >= 4 is 5.97 Å². The number of hydrogen-bond donors (Lipinski definition) is 5. The van der Waals surface area contributed by atoms with Crippen LogP contribution >= 0.6 is 0 Å². The largest absolute Gasteiger partial charge is 0.504 e. The number of benzene rings is 1. The van der Waals surface area contributed by atoms with Gasteiger partial charge in [0, 0.05) is 5.56 Å². The van der Waals surface area contributed by atoms with E-state index in [2.05, 4.69) is 0 Å². The smallest absolute Gasteiger partial charge is 0.320 e. The molecule has 0 fully saturated rings. The molecule has 0 aliphatic carbocycles. The summed E-state index contributed by atoms with van der Waals surface area (Å²) >= 11 is 0. The van der Waals surface area contributed by atoms with Gasteiger partial charge in [0.25, 0.3) is 0 Å². The highest BCUT2D eigenvalue weighted by molar-refractivity contribution is 5.73.